The number of fused-ring (bicyclic) bond motifs is 1. The van der Waals surface area contributed by atoms with Crippen LogP contribution in [0, 0.1) is 13.8 Å². The smallest absolute Gasteiger partial charge is 0.272 e. The topological polar surface area (TPSA) is 50.5 Å². The standard InChI is InChI=1S/C22H22N4OS/c1-4-25(12-17-7-5-6-10-23-17)21(27)20-14-28-22-24-19(13-26(20)22)18-11-15(2)8-9-16(18)3/h5-11,13-14H,4,12H2,1-3H3. The maximum atomic E-state index is 13.2. The molecule has 0 saturated heterocycles. The summed E-state index contributed by atoms with van der Waals surface area (Å²) in [6.07, 6.45) is 3.72. The van der Waals surface area contributed by atoms with Crippen LogP contribution in [0.5, 0.6) is 0 Å². The van der Waals surface area contributed by atoms with Crippen molar-refractivity contribution < 1.29 is 4.79 Å². The molecule has 0 N–H and O–H groups in total. The number of aryl methyl sites for hydroxylation is 2. The molecular weight excluding hydrogens is 368 g/mol. The van der Waals surface area contributed by atoms with Crippen LogP contribution in [0.25, 0.3) is 16.2 Å². The van der Waals surface area contributed by atoms with Crippen LogP contribution in [0.2, 0.25) is 0 Å². The molecule has 0 atom stereocenters. The van der Waals surface area contributed by atoms with E-state index in [0.717, 1.165) is 21.9 Å². The van der Waals surface area contributed by atoms with Crippen molar-refractivity contribution in [1.29, 1.82) is 0 Å². The fraction of sp³-hybridized carbons (Fsp3) is 0.227. The first kappa shape index (κ1) is 18.4. The lowest BCUT2D eigenvalue weighted by Gasteiger charge is -2.20. The molecular formula is C22H22N4OS. The van der Waals surface area contributed by atoms with E-state index in [-0.39, 0.29) is 5.91 Å². The number of rotatable bonds is 5. The van der Waals surface area contributed by atoms with E-state index in [1.54, 1.807) is 11.1 Å². The van der Waals surface area contributed by atoms with Crippen LogP contribution < -0.4 is 0 Å². The third kappa shape index (κ3) is 3.43. The van der Waals surface area contributed by atoms with Crippen molar-refractivity contribution in [3.63, 3.8) is 0 Å². The average Bonchev–Trinajstić information content (AvgIpc) is 3.29. The van der Waals surface area contributed by atoms with Gasteiger partial charge in [0.05, 0.1) is 17.9 Å². The lowest BCUT2D eigenvalue weighted by molar-refractivity contribution is 0.0744. The molecule has 28 heavy (non-hydrogen) atoms. The van der Waals surface area contributed by atoms with Crippen LogP contribution in [-0.4, -0.2) is 31.7 Å². The molecule has 0 saturated carbocycles. The molecule has 3 aromatic heterocycles. The van der Waals surface area contributed by atoms with Crippen LogP contribution in [0.15, 0.2) is 54.2 Å². The molecule has 0 aliphatic rings. The number of hydrogen-bond acceptors (Lipinski definition) is 4. The highest BCUT2D eigenvalue weighted by atomic mass is 32.1. The molecule has 0 aliphatic carbocycles. The third-order valence-electron chi connectivity index (χ3n) is 4.85. The summed E-state index contributed by atoms with van der Waals surface area (Å²) in [6.45, 7) is 7.25. The molecule has 142 valence electrons. The summed E-state index contributed by atoms with van der Waals surface area (Å²) < 4.78 is 1.91. The Balaban J connectivity index is 1.68. The Labute approximate surface area is 168 Å². The SMILES string of the molecule is CCN(Cc1ccccn1)C(=O)c1csc2nc(-c3cc(C)ccc3C)cn12. The number of benzene rings is 1. The maximum Gasteiger partial charge on any atom is 0.272 e. The summed E-state index contributed by atoms with van der Waals surface area (Å²) in [7, 11) is 0. The highest BCUT2D eigenvalue weighted by Crippen LogP contribution is 2.27. The molecule has 0 unspecified atom stereocenters. The molecule has 0 fully saturated rings. The van der Waals surface area contributed by atoms with E-state index in [9.17, 15) is 4.79 Å². The first-order chi connectivity index (χ1) is 13.6. The summed E-state index contributed by atoms with van der Waals surface area (Å²) >= 11 is 1.49. The van der Waals surface area contributed by atoms with E-state index in [1.807, 2.05) is 41.1 Å². The second-order valence-corrected chi connectivity index (χ2v) is 7.69. The second kappa shape index (κ2) is 7.56. The van der Waals surface area contributed by atoms with Crippen molar-refractivity contribution in [1.82, 2.24) is 19.3 Å². The fourth-order valence-corrected chi connectivity index (χ4v) is 4.10. The van der Waals surface area contributed by atoms with E-state index in [4.69, 9.17) is 4.98 Å². The summed E-state index contributed by atoms with van der Waals surface area (Å²) in [5, 5.41) is 1.89. The molecule has 1 amide bonds. The summed E-state index contributed by atoms with van der Waals surface area (Å²) in [6, 6.07) is 12.1. The van der Waals surface area contributed by atoms with Gasteiger partial charge in [0.1, 0.15) is 5.69 Å². The van der Waals surface area contributed by atoms with Gasteiger partial charge in [-0.25, -0.2) is 4.98 Å². The van der Waals surface area contributed by atoms with Gasteiger partial charge in [0.2, 0.25) is 0 Å². The van der Waals surface area contributed by atoms with Gasteiger partial charge in [0.15, 0.2) is 4.96 Å². The molecule has 0 aliphatic heterocycles. The van der Waals surface area contributed by atoms with E-state index < -0.39 is 0 Å². The second-order valence-electron chi connectivity index (χ2n) is 6.86. The lowest BCUT2D eigenvalue weighted by Crippen LogP contribution is -2.31. The van der Waals surface area contributed by atoms with Gasteiger partial charge < -0.3 is 4.90 Å². The van der Waals surface area contributed by atoms with Gasteiger partial charge in [-0.3, -0.25) is 14.2 Å². The molecule has 1 aromatic carbocycles. The van der Waals surface area contributed by atoms with Gasteiger partial charge in [-0.2, -0.15) is 0 Å². The van der Waals surface area contributed by atoms with E-state index in [2.05, 4.69) is 37.0 Å². The first-order valence-corrected chi connectivity index (χ1v) is 10.2. The Bertz CT molecular complexity index is 1130. The van der Waals surface area contributed by atoms with Gasteiger partial charge in [-0.1, -0.05) is 23.8 Å². The van der Waals surface area contributed by atoms with Crippen molar-refractivity contribution >= 4 is 22.2 Å². The Morgan fingerprint density at radius 3 is 2.82 bits per heavy atom. The Hall–Kier alpha value is -2.99. The van der Waals surface area contributed by atoms with Crippen LogP contribution in [-0.2, 0) is 6.54 Å². The van der Waals surface area contributed by atoms with Crippen LogP contribution in [0.1, 0.15) is 34.2 Å². The van der Waals surface area contributed by atoms with Crippen LogP contribution >= 0.6 is 11.3 Å². The molecule has 0 radical (unpaired) electrons. The highest BCUT2D eigenvalue weighted by Gasteiger charge is 2.21. The summed E-state index contributed by atoms with van der Waals surface area (Å²) in [5.74, 6) is -0.00989. The Morgan fingerprint density at radius 2 is 2.07 bits per heavy atom. The molecule has 5 nitrogen and oxygen atoms in total. The van der Waals surface area contributed by atoms with Gasteiger partial charge in [-0.15, -0.1) is 11.3 Å². The lowest BCUT2D eigenvalue weighted by atomic mass is 10.0. The van der Waals surface area contributed by atoms with E-state index >= 15 is 0 Å². The summed E-state index contributed by atoms with van der Waals surface area (Å²) in [4.78, 5) is 24.9. The molecule has 0 spiro atoms. The number of pyridine rings is 1. The van der Waals surface area contributed by atoms with Gasteiger partial charge >= 0.3 is 0 Å². The van der Waals surface area contributed by atoms with Crippen molar-refractivity contribution in [2.45, 2.75) is 27.3 Å². The normalized spacial score (nSPS) is 11.1. The predicted octanol–water partition coefficient (Wildman–Crippen LogP) is 4.74. The van der Waals surface area contributed by atoms with Crippen LogP contribution in [0.3, 0.4) is 0 Å². The molecule has 4 aromatic rings. The Kier molecular flexibility index (Phi) is 4.96. The number of imidazole rings is 1. The number of carbonyl (C=O) groups excluding carboxylic acids is 1. The number of amides is 1. The van der Waals surface area contributed by atoms with Crippen molar-refractivity contribution in [2.75, 3.05) is 6.54 Å². The van der Waals surface area contributed by atoms with Gasteiger partial charge in [0.25, 0.3) is 5.91 Å². The zero-order chi connectivity index (χ0) is 19.7. The average molecular weight is 391 g/mol. The van der Waals surface area contributed by atoms with Gasteiger partial charge in [-0.05, 0) is 44.5 Å². The number of hydrogen-bond donors (Lipinski definition) is 0. The van der Waals surface area contributed by atoms with Crippen molar-refractivity contribution in [3.8, 4) is 11.3 Å². The number of aromatic nitrogens is 3. The number of thiazole rings is 1. The third-order valence-corrected chi connectivity index (χ3v) is 5.69. The fourth-order valence-electron chi connectivity index (χ4n) is 3.26. The largest absolute Gasteiger partial charge is 0.332 e. The quantitative estimate of drug-likeness (QED) is 0.495. The minimum absolute atomic E-state index is 0.00989. The maximum absolute atomic E-state index is 13.2. The van der Waals surface area contributed by atoms with Crippen LogP contribution in [0.4, 0.5) is 0 Å². The molecule has 4 rings (SSSR count). The van der Waals surface area contributed by atoms with Gasteiger partial charge in [0, 0.05) is 29.9 Å². The minimum Gasteiger partial charge on any atom is -0.332 e. The number of carbonyl (C=O) groups is 1. The zero-order valence-electron chi connectivity index (χ0n) is 16.2. The monoisotopic (exact) mass is 390 g/mol. The predicted molar refractivity (Wildman–Crippen MR) is 113 cm³/mol. The van der Waals surface area contributed by atoms with Crippen molar-refractivity contribution in [2.24, 2.45) is 0 Å². The summed E-state index contributed by atoms with van der Waals surface area (Å²) in [5.41, 5.74) is 5.90. The van der Waals surface area contributed by atoms with E-state index in [1.165, 1.54) is 22.5 Å². The number of nitrogens with zero attached hydrogens (tertiary/aromatic N) is 4. The highest BCUT2D eigenvalue weighted by molar-refractivity contribution is 7.15. The molecule has 3 heterocycles. The first-order valence-electron chi connectivity index (χ1n) is 9.30. The van der Waals surface area contributed by atoms with E-state index in [0.29, 0.717) is 18.8 Å². The molecule has 0 bridgehead atoms. The Morgan fingerprint density at radius 1 is 1.21 bits per heavy atom. The zero-order valence-corrected chi connectivity index (χ0v) is 17.0. The molecule has 6 heteroatoms. The van der Waals surface area contributed by atoms with Crippen molar-refractivity contribution in [3.05, 3.63) is 76.7 Å². The minimum atomic E-state index is -0.00989.